The summed E-state index contributed by atoms with van der Waals surface area (Å²) in [7, 11) is 0. The van der Waals surface area contributed by atoms with E-state index in [0.29, 0.717) is 0 Å². The Bertz CT molecular complexity index is 894. The highest BCUT2D eigenvalue weighted by atomic mass is 32.1. The summed E-state index contributed by atoms with van der Waals surface area (Å²) in [5, 5.41) is 4.23. The van der Waals surface area contributed by atoms with Crippen molar-refractivity contribution in [3.05, 3.63) is 78.3 Å². The lowest BCUT2D eigenvalue weighted by atomic mass is 10.0. The Morgan fingerprint density at radius 1 is 1.07 bits per heavy atom. The van der Waals surface area contributed by atoms with Gasteiger partial charge in [-0.25, -0.2) is 0 Å². The standard InChI is InChI=1S/C22H23N3OS/c1-2-3-15-25-21(20(24-22(25)27)17-11-7-8-14-23-17)19-13-12-18(26-19)16-9-5-4-6-10-16/h4-14,20-21H,2-3,15H2,1H3,(H,24,27)/t20-,21+/m1/s1. The first-order valence-corrected chi connectivity index (χ1v) is 9.82. The molecule has 3 aromatic rings. The molecule has 1 aliphatic heterocycles. The van der Waals surface area contributed by atoms with Gasteiger partial charge >= 0.3 is 0 Å². The number of nitrogens with one attached hydrogen (secondary N) is 1. The first-order chi connectivity index (χ1) is 13.3. The normalized spacial score (nSPS) is 19.3. The zero-order chi connectivity index (χ0) is 18.6. The first-order valence-electron chi connectivity index (χ1n) is 9.41. The fourth-order valence-electron chi connectivity index (χ4n) is 3.55. The SMILES string of the molecule is CCCCN1C(=S)N[C@H](c2ccccn2)[C@@H]1c1ccc(-c2ccccc2)o1. The molecule has 0 unspecified atom stereocenters. The maximum absolute atomic E-state index is 6.29. The molecule has 0 amide bonds. The number of rotatable bonds is 6. The predicted molar refractivity (Wildman–Crippen MR) is 111 cm³/mol. The Hall–Kier alpha value is -2.66. The van der Waals surface area contributed by atoms with Gasteiger partial charge in [0.15, 0.2) is 5.11 Å². The van der Waals surface area contributed by atoms with Crippen molar-refractivity contribution in [2.45, 2.75) is 31.8 Å². The third-order valence-electron chi connectivity index (χ3n) is 4.93. The van der Waals surface area contributed by atoms with Crippen molar-refractivity contribution in [2.75, 3.05) is 6.54 Å². The van der Waals surface area contributed by atoms with E-state index in [1.807, 2.05) is 48.7 Å². The lowest BCUT2D eigenvalue weighted by molar-refractivity contribution is 0.271. The van der Waals surface area contributed by atoms with Gasteiger partial charge in [0, 0.05) is 18.3 Å². The van der Waals surface area contributed by atoms with Gasteiger partial charge in [-0.1, -0.05) is 49.7 Å². The van der Waals surface area contributed by atoms with Crippen molar-refractivity contribution < 1.29 is 4.42 Å². The molecule has 0 saturated carbocycles. The number of pyridine rings is 1. The number of nitrogens with zero attached hydrogens (tertiary/aromatic N) is 2. The van der Waals surface area contributed by atoms with Crippen LogP contribution < -0.4 is 5.32 Å². The number of hydrogen-bond donors (Lipinski definition) is 1. The third-order valence-corrected chi connectivity index (χ3v) is 5.28. The number of hydrogen-bond acceptors (Lipinski definition) is 3. The summed E-state index contributed by atoms with van der Waals surface area (Å²) < 4.78 is 6.29. The Morgan fingerprint density at radius 2 is 1.89 bits per heavy atom. The third kappa shape index (κ3) is 3.60. The Labute approximate surface area is 165 Å². The summed E-state index contributed by atoms with van der Waals surface area (Å²) in [5.41, 5.74) is 2.05. The summed E-state index contributed by atoms with van der Waals surface area (Å²) in [5.74, 6) is 1.78. The van der Waals surface area contributed by atoms with Crippen LogP contribution in [0.4, 0.5) is 0 Å². The van der Waals surface area contributed by atoms with Crippen LogP contribution in [0.1, 0.15) is 43.3 Å². The summed E-state index contributed by atoms with van der Waals surface area (Å²) >= 11 is 5.65. The van der Waals surface area contributed by atoms with E-state index < -0.39 is 0 Å². The minimum atomic E-state index is -0.0228. The predicted octanol–water partition coefficient (Wildman–Crippen LogP) is 5.11. The fourth-order valence-corrected chi connectivity index (χ4v) is 3.88. The second-order valence-corrected chi connectivity index (χ2v) is 7.13. The Kier molecular flexibility index (Phi) is 5.21. The summed E-state index contributed by atoms with van der Waals surface area (Å²) in [4.78, 5) is 6.80. The highest BCUT2D eigenvalue weighted by Crippen LogP contribution is 2.40. The van der Waals surface area contributed by atoms with Crippen molar-refractivity contribution in [1.29, 1.82) is 0 Å². The summed E-state index contributed by atoms with van der Waals surface area (Å²) in [6.45, 7) is 3.09. The number of benzene rings is 1. The van der Waals surface area contributed by atoms with Crippen molar-refractivity contribution >= 4 is 17.3 Å². The van der Waals surface area contributed by atoms with E-state index in [-0.39, 0.29) is 12.1 Å². The molecule has 1 aromatic carbocycles. The van der Waals surface area contributed by atoms with Crippen LogP contribution in [0.3, 0.4) is 0 Å². The topological polar surface area (TPSA) is 41.3 Å². The van der Waals surface area contributed by atoms with E-state index in [1.54, 1.807) is 0 Å². The molecule has 3 heterocycles. The molecule has 27 heavy (non-hydrogen) atoms. The zero-order valence-corrected chi connectivity index (χ0v) is 16.2. The zero-order valence-electron chi connectivity index (χ0n) is 15.3. The highest BCUT2D eigenvalue weighted by molar-refractivity contribution is 7.80. The van der Waals surface area contributed by atoms with Crippen LogP contribution in [0.25, 0.3) is 11.3 Å². The first kappa shape index (κ1) is 17.7. The molecule has 2 atom stereocenters. The molecule has 1 aliphatic rings. The number of aromatic nitrogens is 1. The van der Waals surface area contributed by atoms with Crippen LogP contribution in [0.5, 0.6) is 0 Å². The Morgan fingerprint density at radius 3 is 2.63 bits per heavy atom. The van der Waals surface area contributed by atoms with Crippen molar-refractivity contribution in [1.82, 2.24) is 15.2 Å². The maximum Gasteiger partial charge on any atom is 0.170 e. The molecule has 0 spiro atoms. The largest absolute Gasteiger partial charge is 0.459 e. The van der Waals surface area contributed by atoms with Crippen LogP contribution in [0.15, 0.2) is 71.3 Å². The van der Waals surface area contributed by atoms with Gasteiger partial charge in [-0.3, -0.25) is 4.98 Å². The van der Waals surface area contributed by atoms with Gasteiger partial charge in [0.05, 0.1) is 11.7 Å². The molecule has 2 aromatic heterocycles. The van der Waals surface area contributed by atoms with Crippen molar-refractivity contribution in [3.63, 3.8) is 0 Å². The molecule has 0 bridgehead atoms. The monoisotopic (exact) mass is 377 g/mol. The number of thiocarbonyl (C=S) groups is 1. The molecular weight excluding hydrogens is 354 g/mol. The molecule has 4 rings (SSSR count). The van der Waals surface area contributed by atoms with Gasteiger partial charge in [0.25, 0.3) is 0 Å². The highest BCUT2D eigenvalue weighted by Gasteiger charge is 2.41. The molecule has 0 aliphatic carbocycles. The van der Waals surface area contributed by atoms with E-state index in [2.05, 4.69) is 40.3 Å². The maximum atomic E-state index is 6.29. The van der Waals surface area contributed by atoms with E-state index in [4.69, 9.17) is 16.6 Å². The van der Waals surface area contributed by atoms with Gasteiger partial charge in [-0.05, 0) is 42.9 Å². The van der Waals surface area contributed by atoms with Crippen LogP contribution in [0.2, 0.25) is 0 Å². The van der Waals surface area contributed by atoms with Crippen LogP contribution in [0, 0.1) is 0 Å². The second-order valence-electron chi connectivity index (χ2n) is 6.74. The summed E-state index contributed by atoms with van der Waals surface area (Å²) in [6, 6.07) is 20.2. The van der Waals surface area contributed by atoms with Crippen molar-refractivity contribution in [3.8, 4) is 11.3 Å². The molecular formula is C22H23N3OS. The smallest absolute Gasteiger partial charge is 0.170 e. The molecule has 1 N–H and O–H groups in total. The van der Waals surface area contributed by atoms with E-state index >= 15 is 0 Å². The van der Waals surface area contributed by atoms with Crippen LogP contribution in [-0.2, 0) is 0 Å². The molecule has 1 saturated heterocycles. The fraction of sp³-hybridized carbons (Fsp3) is 0.273. The average molecular weight is 378 g/mol. The van der Waals surface area contributed by atoms with E-state index in [0.717, 1.165) is 47.3 Å². The van der Waals surface area contributed by atoms with Crippen LogP contribution >= 0.6 is 12.2 Å². The minimum Gasteiger partial charge on any atom is -0.459 e. The average Bonchev–Trinajstić information content (AvgIpc) is 3.32. The number of unbranched alkanes of at least 4 members (excludes halogenated alkanes) is 1. The Balaban J connectivity index is 1.70. The van der Waals surface area contributed by atoms with E-state index in [9.17, 15) is 0 Å². The molecule has 0 radical (unpaired) electrons. The number of furan rings is 1. The molecule has 5 heteroatoms. The summed E-state index contributed by atoms with van der Waals surface area (Å²) in [6.07, 6.45) is 4.02. The lowest BCUT2D eigenvalue weighted by Gasteiger charge is -2.25. The lowest BCUT2D eigenvalue weighted by Crippen LogP contribution is -2.30. The molecule has 1 fully saturated rings. The second kappa shape index (κ2) is 7.92. The van der Waals surface area contributed by atoms with Crippen molar-refractivity contribution in [2.24, 2.45) is 0 Å². The van der Waals surface area contributed by atoms with Crippen LogP contribution in [-0.4, -0.2) is 21.5 Å². The van der Waals surface area contributed by atoms with Gasteiger partial charge in [-0.15, -0.1) is 0 Å². The van der Waals surface area contributed by atoms with Gasteiger partial charge in [-0.2, -0.15) is 0 Å². The minimum absolute atomic E-state index is 0.00332. The van der Waals surface area contributed by atoms with Gasteiger partial charge in [0.1, 0.15) is 17.6 Å². The van der Waals surface area contributed by atoms with E-state index in [1.165, 1.54) is 0 Å². The molecule has 4 nitrogen and oxygen atoms in total. The quantitative estimate of drug-likeness (QED) is 0.604. The van der Waals surface area contributed by atoms with Gasteiger partial charge in [0.2, 0.25) is 0 Å². The molecule has 138 valence electrons. The van der Waals surface area contributed by atoms with Gasteiger partial charge < -0.3 is 14.6 Å².